The lowest BCUT2D eigenvalue weighted by Crippen LogP contribution is -2.44. The summed E-state index contributed by atoms with van der Waals surface area (Å²) in [6.45, 7) is 8.30. The lowest BCUT2D eigenvalue weighted by atomic mass is 9.90. The van der Waals surface area contributed by atoms with Gasteiger partial charge in [-0.2, -0.15) is 0 Å². The fourth-order valence-corrected chi connectivity index (χ4v) is 7.02. The summed E-state index contributed by atoms with van der Waals surface area (Å²) in [6.07, 6.45) is 8.37. The van der Waals surface area contributed by atoms with Crippen molar-refractivity contribution < 1.29 is 14.4 Å². The number of amides is 1. The molecule has 2 aliphatic rings. The monoisotopic (exact) mass is 543 g/mol. The average Bonchev–Trinajstić information content (AvgIpc) is 3.62. The minimum Gasteiger partial charge on any atom is -0.353 e. The number of aromatic nitrogens is 1. The number of benzene rings is 1. The van der Waals surface area contributed by atoms with Gasteiger partial charge in [-0.25, -0.2) is 4.98 Å². The minimum atomic E-state index is -0.488. The molecule has 4 rings (SSSR count). The number of carbonyl (C=O) groups excluding carboxylic acids is 3. The molecule has 1 N–H and O–H groups in total. The molecule has 2 aromatic rings. The minimum absolute atomic E-state index is 0.0184. The first-order valence-electron chi connectivity index (χ1n) is 13.6. The van der Waals surface area contributed by atoms with Crippen molar-refractivity contribution in [2.45, 2.75) is 77.2 Å². The molecular formula is C29H38ClN3O3S. The number of hydrogen-bond acceptors (Lipinski definition) is 6. The molecule has 0 unspecified atom stereocenters. The van der Waals surface area contributed by atoms with Crippen molar-refractivity contribution in [1.29, 1.82) is 0 Å². The number of fused-ring (bicyclic) bond motifs is 1. The smallest absolute Gasteiger partial charge is 0.224 e. The first-order chi connectivity index (χ1) is 17.8. The summed E-state index contributed by atoms with van der Waals surface area (Å²) in [7, 11) is 0. The molecule has 0 bridgehead atoms. The van der Waals surface area contributed by atoms with Crippen molar-refractivity contribution in [3.63, 3.8) is 0 Å². The van der Waals surface area contributed by atoms with E-state index in [0.29, 0.717) is 42.3 Å². The average molecular weight is 544 g/mol. The van der Waals surface area contributed by atoms with Crippen molar-refractivity contribution in [3.8, 4) is 0 Å². The zero-order valence-electron chi connectivity index (χ0n) is 21.8. The lowest BCUT2D eigenvalue weighted by Gasteiger charge is -2.27. The molecule has 0 spiro atoms. The van der Waals surface area contributed by atoms with Gasteiger partial charge in [0.2, 0.25) is 5.91 Å². The molecule has 1 aliphatic heterocycles. The predicted octanol–water partition coefficient (Wildman–Crippen LogP) is 5.76. The van der Waals surface area contributed by atoms with Gasteiger partial charge in [0.1, 0.15) is 5.78 Å². The summed E-state index contributed by atoms with van der Waals surface area (Å²) in [5.74, 6) is -0.162. The second-order valence-corrected chi connectivity index (χ2v) is 12.3. The van der Waals surface area contributed by atoms with E-state index in [-0.39, 0.29) is 29.9 Å². The molecule has 0 radical (unpaired) electrons. The first-order valence-corrected chi connectivity index (χ1v) is 14.8. The molecule has 2 atom stereocenters. The molecule has 1 aliphatic carbocycles. The third-order valence-electron chi connectivity index (χ3n) is 7.71. The van der Waals surface area contributed by atoms with Crippen LogP contribution in [0.3, 0.4) is 0 Å². The maximum Gasteiger partial charge on any atom is 0.224 e. The van der Waals surface area contributed by atoms with E-state index in [1.807, 2.05) is 12.1 Å². The summed E-state index contributed by atoms with van der Waals surface area (Å²) < 4.78 is 0.973. The van der Waals surface area contributed by atoms with Crippen LogP contribution < -0.4 is 5.32 Å². The quantitative estimate of drug-likeness (QED) is 0.325. The van der Waals surface area contributed by atoms with E-state index < -0.39 is 5.92 Å². The second kappa shape index (κ2) is 13.1. The first kappa shape index (κ1) is 27.9. The van der Waals surface area contributed by atoms with Crippen LogP contribution in [0.25, 0.3) is 10.2 Å². The SMILES string of the molecule is C=C(CN1CCCC1)C(=O)CC[C@@H](NC(=O)[C@@H](CC(C)=O)Cc1nc2ccc(Cl)cc2s1)C1CCCC1. The fourth-order valence-electron chi connectivity index (χ4n) is 5.70. The van der Waals surface area contributed by atoms with Gasteiger partial charge in [-0.15, -0.1) is 11.3 Å². The third-order valence-corrected chi connectivity index (χ3v) is 8.98. The van der Waals surface area contributed by atoms with Crippen molar-refractivity contribution in [1.82, 2.24) is 15.2 Å². The Hall–Kier alpha value is -2.09. The van der Waals surface area contributed by atoms with Gasteiger partial charge < -0.3 is 10.1 Å². The highest BCUT2D eigenvalue weighted by atomic mass is 35.5. The number of rotatable bonds is 13. The van der Waals surface area contributed by atoms with Crippen molar-refractivity contribution in [2.24, 2.45) is 11.8 Å². The molecule has 2 heterocycles. The van der Waals surface area contributed by atoms with Crippen LogP contribution in [0.15, 0.2) is 30.4 Å². The van der Waals surface area contributed by atoms with Crippen molar-refractivity contribution in [3.05, 3.63) is 40.4 Å². The summed E-state index contributed by atoms with van der Waals surface area (Å²) >= 11 is 7.64. The van der Waals surface area contributed by atoms with Gasteiger partial charge >= 0.3 is 0 Å². The van der Waals surface area contributed by atoms with E-state index in [2.05, 4.69) is 21.8 Å². The maximum atomic E-state index is 13.5. The number of hydrogen-bond donors (Lipinski definition) is 1. The van der Waals surface area contributed by atoms with Crippen LogP contribution in [0.5, 0.6) is 0 Å². The number of Topliss-reactive ketones (excluding diaryl/α,β-unsaturated/α-hetero) is 2. The van der Waals surface area contributed by atoms with Crippen LogP contribution in [0.4, 0.5) is 0 Å². The largest absolute Gasteiger partial charge is 0.353 e. The molecule has 6 nitrogen and oxygen atoms in total. The highest BCUT2D eigenvalue weighted by Crippen LogP contribution is 2.31. The van der Waals surface area contributed by atoms with E-state index in [4.69, 9.17) is 11.6 Å². The number of likely N-dealkylation sites (tertiary alicyclic amines) is 1. The van der Waals surface area contributed by atoms with E-state index in [0.717, 1.165) is 54.0 Å². The van der Waals surface area contributed by atoms with Crippen LogP contribution >= 0.6 is 22.9 Å². The number of ketones is 2. The highest BCUT2D eigenvalue weighted by molar-refractivity contribution is 7.18. The summed E-state index contributed by atoms with van der Waals surface area (Å²) in [5, 5.41) is 4.74. The van der Waals surface area contributed by atoms with Crippen molar-refractivity contribution >= 4 is 50.6 Å². The second-order valence-electron chi connectivity index (χ2n) is 10.7. The van der Waals surface area contributed by atoms with E-state index >= 15 is 0 Å². The Morgan fingerprint density at radius 2 is 1.92 bits per heavy atom. The molecule has 37 heavy (non-hydrogen) atoms. The van der Waals surface area contributed by atoms with Gasteiger partial charge in [0.05, 0.1) is 21.1 Å². The molecule has 1 aromatic heterocycles. The topological polar surface area (TPSA) is 79.4 Å². The van der Waals surface area contributed by atoms with E-state index in [1.165, 1.54) is 31.1 Å². The Kier molecular flexibility index (Phi) is 9.90. The summed E-state index contributed by atoms with van der Waals surface area (Å²) in [4.78, 5) is 45.4. The van der Waals surface area contributed by atoms with Crippen LogP contribution in [0.2, 0.25) is 5.02 Å². The normalized spacial score (nSPS) is 18.2. The molecule has 1 saturated heterocycles. The Bertz CT molecular complexity index is 1130. The standard InChI is InChI=1S/C29H38ClN3O3S/c1-19(18-33-13-5-6-14-33)26(35)12-11-24(21-7-3-4-8-21)32-29(36)22(15-20(2)34)16-28-31-25-10-9-23(30)17-27(25)37-28/h9-10,17,21-22,24H,1,3-8,11-16,18H2,2H3,(H,32,36)/t22-,24+/m0/s1. The van der Waals surface area contributed by atoms with Crippen LogP contribution in [0, 0.1) is 11.8 Å². The molecule has 8 heteroatoms. The lowest BCUT2D eigenvalue weighted by molar-refractivity contribution is -0.129. The van der Waals surface area contributed by atoms with Gasteiger partial charge in [0, 0.05) is 42.4 Å². The summed E-state index contributed by atoms with van der Waals surface area (Å²) in [6, 6.07) is 5.49. The molecule has 1 amide bonds. The van der Waals surface area contributed by atoms with Gasteiger partial charge in [-0.1, -0.05) is 31.0 Å². The Labute approximate surface area is 228 Å². The highest BCUT2D eigenvalue weighted by Gasteiger charge is 2.30. The third kappa shape index (κ3) is 7.95. The van der Waals surface area contributed by atoms with Gasteiger partial charge in [-0.3, -0.25) is 14.5 Å². The molecule has 200 valence electrons. The number of carbonyl (C=O) groups is 3. The Morgan fingerprint density at radius 3 is 2.62 bits per heavy atom. The van der Waals surface area contributed by atoms with Crippen molar-refractivity contribution in [2.75, 3.05) is 19.6 Å². The Balaban J connectivity index is 1.40. The number of nitrogens with one attached hydrogen (secondary N) is 1. The van der Waals surface area contributed by atoms with Crippen LogP contribution in [0.1, 0.15) is 69.7 Å². The predicted molar refractivity (Wildman–Crippen MR) is 150 cm³/mol. The Morgan fingerprint density at radius 1 is 1.19 bits per heavy atom. The van der Waals surface area contributed by atoms with E-state index in [9.17, 15) is 14.4 Å². The molecule has 1 aromatic carbocycles. The number of thiazole rings is 1. The summed E-state index contributed by atoms with van der Waals surface area (Å²) in [5.41, 5.74) is 1.52. The molecular weight excluding hydrogens is 506 g/mol. The van der Waals surface area contributed by atoms with Crippen LogP contribution in [-0.2, 0) is 20.8 Å². The number of nitrogens with zero attached hydrogens (tertiary/aromatic N) is 2. The zero-order valence-corrected chi connectivity index (χ0v) is 23.3. The number of halogens is 1. The van der Waals surface area contributed by atoms with E-state index in [1.54, 1.807) is 6.07 Å². The van der Waals surface area contributed by atoms with Gasteiger partial charge in [-0.05, 0) is 76.2 Å². The van der Waals surface area contributed by atoms with Gasteiger partial charge in [0.15, 0.2) is 5.78 Å². The molecule has 2 fully saturated rings. The fraction of sp³-hybridized carbons (Fsp3) is 0.586. The zero-order chi connectivity index (χ0) is 26.4. The van der Waals surface area contributed by atoms with Gasteiger partial charge in [0.25, 0.3) is 0 Å². The molecule has 1 saturated carbocycles. The van der Waals surface area contributed by atoms with Crippen LogP contribution in [-0.4, -0.2) is 53.0 Å². The maximum absolute atomic E-state index is 13.5.